The lowest BCUT2D eigenvalue weighted by Crippen LogP contribution is -2.50. The second-order valence-electron chi connectivity index (χ2n) is 4.14. The first-order valence-corrected chi connectivity index (χ1v) is 6.08. The molecule has 0 radical (unpaired) electrons. The molecule has 17 heavy (non-hydrogen) atoms. The van der Waals surface area contributed by atoms with Crippen LogP contribution < -0.4 is 4.90 Å². The number of rotatable bonds is 2. The summed E-state index contributed by atoms with van der Waals surface area (Å²) >= 11 is 3.28. The maximum Gasteiger partial charge on any atom is 0.221 e. The summed E-state index contributed by atoms with van der Waals surface area (Å²) in [5.41, 5.74) is 0.698. The molecule has 0 spiro atoms. The summed E-state index contributed by atoms with van der Waals surface area (Å²) in [6, 6.07) is 3.76. The first kappa shape index (κ1) is 10.6. The van der Waals surface area contributed by atoms with Crippen LogP contribution in [0.4, 0.5) is 5.82 Å². The van der Waals surface area contributed by atoms with E-state index in [0.717, 1.165) is 18.9 Å². The van der Waals surface area contributed by atoms with Gasteiger partial charge in [-0.15, -0.1) is 15.3 Å². The molecule has 1 aliphatic heterocycles. The third kappa shape index (κ3) is 1.70. The number of anilines is 1. The maximum absolute atomic E-state index is 11.1. The molecule has 0 unspecified atom stereocenters. The van der Waals surface area contributed by atoms with Crippen LogP contribution in [0.25, 0.3) is 5.65 Å². The predicted molar refractivity (Wildman–Crippen MR) is 64.9 cm³/mol. The summed E-state index contributed by atoms with van der Waals surface area (Å²) < 4.78 is 2.22. The molecule has 2 aromatic heterocycles. The van der Waals surface area contributed by atoms with Gasteiger partial charge in [0.15, 0.2) is 5.65 Å². The van der Waals surface area contributed by atoms with E-state index in [1.165, 1.54) is 0 Å². The van der Waals surface area contributed by atoms with Crippen LogP contribution in [0.3, 0.4) is 0 Å². The molecule has 0 atom stereocenters. The fourth-order valence-corrected chi connectivity index (χ4v) is 2.18. The van der Waals surface area contributed by atoms with E-state index in [1.54, 1.807) is 11.4 Å². The molecule has 0 amide bonds. The van der Waals surface area contributed by atoms with Crippen molar-refractivity contribution in [3.05, 3.63) is 16.9 Å². The number of carbonyl (C=O) groups is 1. The number of ketones is 1. The summed E-state index contributed by atoms with van der Waals surface area (Å²) in [6.45, 7) is 3.12. The van der Waals surface area contributed by atoms with E-state index in [2.05, 4.69) is 36.1 Å². The Morgan fingerprint density at radius 2 is 2.18 bits per heavy atom. The van der Waals surface area contributed by atoms with Crippen molar-refractivity contribution < 1.29 is 4.79 Å². The Kier molecular flexibility index (Phi) is 2.36. The Balaban J connectivity index is 1.87. The summed E-state index contributed by atoms with van der Waals surface area (Å²) in [5.74, 6) is 1.24. The molecule has 88 valence electrons. The normalized spacial score (nSPS) is 16.2. The second-order valence-corrected chi connectivity index (χ2v) is 4.85. The van der Waals surface area contributed by atoms with Gasteiger partial charge in [-0.05, 0) is 35.0 Å². The highest BCUT2D eigenvalue weighted by molar-refractivity contribution is 9.10. The minimum atomic E-state index is 0.150. The van der Waals surface area contributed by atoms with E-state index in [-0.39, 0.29) is 11.7 Å². The molecule has 0 bridgehead atoms. The topological polar surface area (TPSA) is 63.4 Å². The summed E-state index contributed by atoms with van der Waals surface area (Å²) in [6.07, 6.45) is 0. The smallest absolute Gasteiger partial charge is 0.221 e. The van der Waals surface area contributed by atoms with Gasteiger partial charge in [-0.1, -0.05) is 0 Å². The third-order valence-corrected chi connectivity index (χ3v) is 3.49. The van der Waals surface area contributed by atoms with Crippen LogP contribution in [0, 0.1) is 5.92 Å². The minimum absolute atomic E-state index is 0.150. The number of nitrogens with zero attached hydrogens (tertiary/aromatic N) is 5. The molecule has 0 saturated carbocycles. The van der Waals surface area contributed by atoms with Crippen molar-refractivity contribution >= 4 is 33.2 Å². The fraction of sp³-hybridized carbons (Fsp3) is 0.400. The number of carbonyl (C=O) groups excluding carboxylic acids is 1. The highest BCUT2D eigenvalue weighted by Crippen LogP contribution is 2.23. The SMILES string of the molecule is CC(=O)C1CN(c2ccc3nnc(Br)n3n2)C1. The molecule has 3 heterocycles. The van der Waals surface area contributed by atoms with Crippen molar-refractivity contribution in [2.75, 3.05) is 18.0 Å². The lowest BCUT2D eigenvalue weighted by molar-refractivity contribution is -0.121. The molecular formula is C10H10BrN5O. The molecule has 0 aromatic carbocycles. The van der Waals surface area contributed by atoms with E-state index in [0.29, 0.717) is 10.4 Å². The largest absolute Gasteiger partial charge is 0.354 e. The molecular weight excluding hydrogens is 286 g/mol. The van der Waals surface area contributed by atoms with Gasteiger partial charge in [0, 0.05) is 13.1 Å². The quantitative estimate of drug-likeness (QED) is 0.824. The van der Waals surface area contributed by atoms with Crippen molar-refractivity contribution in [1.82, 2.24) is 19.8 Å². The van der Waals surface area contributed by atoms with Crippen molar-refractivity contribution in [1.29, 1.82) is 0 Å². The maximum atomic E-state index is 11.1. The Hall–Kier alpha value is -1.50. The van der Waals surface area contributed by atoms with Gasteiger partial charge in [0.1, 0.15) is 11.6 Å². The van der Waals surface area contributed by atoms with Gasteiger partial charge in [0.05, 0.1) is 5.92 Å². The van der Waals surface area contributed by atoms with E-state index in [9.17, 15) is 4.79 Å². The van der Waals surface area contributed by atoms with Crippen LogP contribution in [0.5, 0.6) is 0 Å². The molecule has 0 aliphatic carbocycles. The van der Waals surface area contributed by atoms with Crippen LogP contribution in [0.1, 0.15) is 6.92 Å². The number of Topliss-reactive ketones (excluding diaryl/α,β-unsaturated/α-hetero) is 1. The molecule has 1 aliphatic rings. The third-order valence-electron chi connectivity index (χ3n) is 2.99. The zero-order chi connectivity index (χ0) is 12.0. The van der Waals surface area contributed by atoms with Crippen LogP contribution in [0.15, 0.2) is 16.9 Å². The van der Waals surface area contributed by atoms with Gasteiger partial charge in [-0.25, -0.2) is 0 Å². The van der Waals surface area contributed by atoms with Crippen molar-refractivity contribution in [3.63, 3.8) is 0 Å². The number of halogens is 1. The summed E-state index contributed by atoms with van der Waals surface area (Å²) in [7, 11) is 0. The van der Waals surface area contributed by atoms with E-state index < -0.39 is 0 Å². The van der Waals surface area contributed by atoms with Gasteiger partial charge in [-0.2, -0.15) is 4.52 Å². The minimum Gasteiger partial charge on any atom is -0.354 e. The Morgan fingerprint density at radius 3 is 2.88 bits per heavy atom. The summed E-state index contributed by atoms with van der Waals surface area (Å²) in [5, 5.41) is 12.2. The highest BCUT2D eigenvalue weighted by atomic mass is 79.9. The van der Waals surface area contributed by atoms with E-state index in [4.69, 9.17) is 0 Å². The predicted octanol–water partition coefficient (Wildman–Crippen LogP) is 0.912. The summed E-state index contributed by atoms with van der Waals surface area (Å²) in [4.78, 5) is 13.2. The molecule has 1 saturated heterocycles. The molecule has 6 nitrogen and oxygen atoms in total. The molecule has 7 heteroatoms. The average Bonchev–Trinajstić information content (AvgIpc) is 2.58. The average molecular weight is 296 g/mol. The van der Waals surface area contributed by atoms with Crippen molar-refractivity contribution in [2.45, 2.75) is 6.92 Å². The van der Waals surface area contributed by atoms with Gasteiger partial charge < -0.3 is 4.90 Å². The lowest BCUT2D eigenvalue weighted by atomic mass is 9.96. The number of fused-ring (bicyclic) bond motifs is 1. The van der Waals surface area contributed by atoms with Crippen LogP contribution in [-0.2, 0) is 4.79 Å². The molecule has 2 aromatic rings. The van der Waals surface area contributed by atoms with Crippen molar-refractivity contribution in [2.24, 2.45) is 5.92 Å². The van der Waals surface area contributed by atoms with Gasteiger partial charge in [0.2, 0.25) is 4.73 Å². The molecule has 0 N–H and O–H groups in total. The highest BCUT2D eigenvalue weighted by Gasteiger charge is 2.31. The first-order valence-electron chi connectivity index (χ1n) is 5.28. The van der Waals surface area contributed by atoms with Gasteiger partial charge >= 0.3 is 0 Å². The van der Waals surface area contributed by atoms with Gasteiger partial charge in [0.25, 0.3) is 0 Å². The second kappa shape index (κ2) is 3.76. The zero-order valence-corrected chi connectivity index (χ0v) is 10.8. The Morgan fingerprint density at radius 1 is 1.41 bits per heavy atom. The van der Waals surface area contributed by atoms with Crippen LogP contribution >= 0.6 is 15.9 Å². The lowest BCUT2D eigenvalue weighted by Gasteiger charge is -2.38. The fourth-order valence-electron chi connectivity index (χ4n) is 1.84. The van der Waals surface area contributed by atoms with Gasteiger partial charge in [-0.3, -0.25) is 4.79 Å². The Bertz CT molecular complexity index is 589. The number of hydrogen-bond donors (Lipinski definition) is 0. The van der Waals surface area contributed by atoms with E-state index >= 15 is 0 Å². The number of aromatic nitrogens is 4. The number of hydrogen-bond acceptors (Lipinski definition) is 5. The standard InChI is InChI=1S/C10H10BrN5O/c1-6(17)7-4-15(5-7)9-3-2-8-12-13-10(11)16(8)14-9/h2-3,7H,4-5H2,1H3. The monoisotopic (exact) mass is 295 g/mol. The van der Waals surface area contributed by atoms with E-state index in [1.807, 2.05) is 12.1 Å². The van der Waals surface area contributed by atoms with Crippen LogP contribution in [0.2, 0.25) is 0 Å². The first-order chi connectivity index (χ1) is 8.15. The van der Waals surface area contributed by atoms with Crippen LogP contribution in [-0.4, -0.2) is 38.7 Å². The molecule has 3 rings (SSSR count). The Labute approximate surface area is 106 Å². The van der Waals surface area contributed by atoms with Crippen molar-refractivity contribution in [3.8, 4) is 0 Å². The molecule has 1 fully saturated rings. The zero-order valence-electron chi connectivity index (χ0n) is 9.17.